The molecule has 1 aromatic heterocycles. The summed E-state index contributed by atoms with van der Waals surface area (Å²) in [6.07, 6.45) is 4.20. The summed E-state index contributed by atoms with van der Waals surface area (Å²) in [4.78, 5) is 18.2. The maximum Gasteiger partial charge on any atom is 0.254 e. The van der Waals surface area contributed by atoms with Crippen molar-refractivity contribution in [2.75, 3.05) is 13.1 Å². The van der Waals surface area contributed by atoms with E-state index < -0.39 is 0 Å². The van der Waals surface area contributed by atoms with E-state index in [1.165, 1.54) is 0 Å². The van der Waals surface area contributed by atoms with Crippen LogP contribution in [0.2, 0.25) is 0 Å². The topological polar surface area (TPSA) is 59.2 Å². The van der Waals surface area contributed by atoms with Gasteiger partial charge in [0.15, 0.2) is 0 Å². The highest BCUT2D eigenvalue weighted by Gasteiger charge is 2.19. The first-order valence-electron chi connectivity index (χ1n) is 5.99. The van der Waals surface area contributed by atoms with Crippen molar-refractivity contribution in [1.29, 1.82) is 0 Å². The Bertz CT molecular complexity index is 377. The summed E-state index contributed by atoms with van der Waals surface area (Å²) < 4.78 is 0. The molecular formula is C13H21N3O. The highest BCUT2D eigenvalue weighted by Crippen LogP contribution is 2.12. The molecule has 17 heavy (non-hydrogen) atoms. The molecule has 0 unspecified atom stereocenters. The third-order valence-electron chi connectivity index (χ3n) is 2.74. The molecule has 0 atom stereocenters. The molecule has 1 rings (SSSR count). The van der Waals surface area contributed by atoms with Gasteiger partial charge in [0.25, 0.3) is 5.91 Å². The highest BCUT2D eigenvalue weighted by atomic mass is 16.2. The van der Waals surface area contributed by atoms with Crippen LogP contribution in [0.3, 0.4) is 0 Å². The van der Waals surface area contributed by atoms with E-state index in [4.69, 9.17) is 5.73 Å². The predicted octanol–water partition coefficient (Wildman–Crippen LogP) is 1.59. The number of aromatic nitrogens is 1. The molecule has 1 heterocycles. The summed E-state index contributed by atoms with van der Waals surface area (Å²) in [5, 5.41) is 0. The van der Waals surface area contributed by atoms with Crippen LogP contribution in [0, 0.1) is 6.92 Å². The van der Waals surface area contributed by atoms with Crippen LogP contribution < -0.4 is 5.73 Å². The average Bonchev–Trinajstić information content (AvgIpc) is 2.29. The Hall–Kier alpha value is -1.42. The number of hydrogen-bond acceptors (Lipinski definition) is 3. The van der Waals surface area contributed by atoms with E-state index in [2.05, 4.69) is 4.98 Å². The number of carbonyl (C=O) groups is 1. The molecule has 1 amide bonds. The normalized spacial score (nSPS) is 10.6. The number of nitrogens with two attached hydrogens (primary N) is 1. The van der Waals surface area contributed by atoms with Crippen molar-refractivity contribution >= 4 is 5.91 Å². The van der Waals surface area contributed by atoms with Crippen LogP contribution >= 0.6 is 0 Å². The summed E-state index contributed by atoms with van der Waals surface area (Å²) >= 11 is 0. The van der Waals surface area contributed by atoms with Crippen LogP contribution in [-0.2, 0) is 0 Å². The fraction of sp³-hybridized carbons (Fsp3) is 0.538. The maximum absolute atomic E-state index is 12.4. The SMILES string of the molecule is Cc1cnccc1C(=O)N(CCCN)C(C)C. The molecule has 4 heteroatoms. The minimum Gasteiger partial charge on any atom is -0.336 e. The lowest BCUT2D eigenvalue weighted by Crippen LogP contribution is -2.38. The van der Waals surface area contributed by atoms with Crippen molar-refractivity contribution in [2.45, 2.75) is 33.2 Å². The first kappa shape index (κ1) is 13.6. The van der Waals surface area contributed by atoms with E-state index >= 15 is 0 Å². The lowest BCUT2D eigenvalue weighted by molar-refractivity contribution is 0.0704. The summed E-state index contributed by atoms with van der Waals surface area (Å²) in [5.74, 6) is 0.0633. The number of aryl methyl sites for hydroxylation is 1. The third-order valence-corrected chi connectivity index (χ3v) is 2.74. The van der Waals surface area contributed by atoms with Crippen molar-refractivity contribution in [3.63, 3.8) is 0 Å². The van der Waals surface area contributed by atoms with Gasteiger partial charge in [-0.3, -0.25) is 9.78 Å². The molecule has 0 bridgehead atoms. The number of pyridine rings is 1. The number of hydrogen-bond donors (Lipinski definition) is 1. The lowest BCUT2D eigenvalue weighted by atomic mass is 10.1. The third kappa shape index (κ3) is 3.53. The first-order valence-corrected chi connectivity index (χ1v) is 5.99. The van der Waals surface area contributed by atoms with E-state index in [1.807, 2.05) is 25.7 Å². The molecule has 0 saturated heterocycles. The predicted molar refractivity (Wildman–Crippen MR) is 68.8 cm³/mol. The number of carbonyl (C=O) groups excluding carboxylic acids is 1. The Morgan fingerprint density at radius 2 is 2.24 bits per heavy atom. The lowest BCUT2D eigenvalue weighted by Gasteiger charge is -2.27. The van der Waals surface area contributed by atoms with E-state index in [-0.39, 0.29) is 11.9 Å². The molecule has 0 aliphatic rings. The quantitative estimate of drug-likeness (QED) is 0.843. The number of rotatable bonds is 5. The Morgan fingerprint density at radius 3 is 2.76 bits per heavy atom. The van der Waals surface area contributed by atoms with Crippen LogP contribution in [0.4, 0.5) is 0 Å². The Kier molecular flexibility index (Phi) is 5.10. The van der Waals surface area contributed by atoms with E-state index in [0.717, 1.165) is 17.5 Å². The number of nitrogens with zero attached hydrogens (tertiary/aromatic N) is 2. The average molecular weight is 235 g/mol. The van der Waals surface area contributed by atoms with Gasteiger partial charge >= 0.3 is 0 Å². The molecule has 0 spiro atoms. The van der Waals surface area contributed by atoms with Gasteiger partial charge in [0.2, 0.25) is 0 Å². The Balaban J connectivity index is 2.88. The van der Waals surface area contributed by atoms with Gasteiger partial charge in [0.05, 0.1) is 0 Å². The molecule has 0 saturated carbocycles. The smallest absolute Gasteiger partial charge is 0.254 e. The van der Waals surface area contributed by atoms with E-state index in [0.29, 0.717) is 13.1 Å². The fourth-order valence-electron chi connectivity index (χ4n) is 1.72. The van der Waals surface area contributed by atoms with Crippen LogP contribution in [0.1, 0.15) is 36.2 Å². The Labute approximate surface area is 103 Å². The van der Waals surface area contributed by atoms with Crippen LogP contribution in [0.5, 0.6) is 0 Å². The summed E-state index contributed by atoms with van der Waals surface area (Å²) in [6.45, 7) is 7.25. The first-order chi connectivity index (χ1) is 8.07. The second-order valence-corrected chi connectivity index (χ2v) is 4.43. The second kappa shape index (κ2) is 6.35. The zero-order valence-corrected chi connectivity index (χ0v) is 10.8. The molecule has 2 N–H and O–H groups in total. The maximum atomic E-state index is 12.4. The summed E-state index contributed by atoms with van der Waals surface area (Å²) in [6, 6.07) is 1.96. The monoisotopic (exact) mass is 235 g/mol. The van der Waals surface area contributed by atoms with Crippen LogP contribution in [0.15, 0.2) is 18.5 Å². The van der Waals surface area contributed by atoms with Crippen molar-refractivity contribution in [2.24, 2.45) is 5.73 Å². The zero-order valence-electron chi connectivity index (χ0n) is 10.8. The Morgan fingerprint density at radius 1 is 1.53 bits per heavy atom. The van der Waals surface area contributed by atoms with Crippen LogP contribution in [-0.4, -0.2) is 34.9 Å². The van der Waals surface area contributed by atoms with E-state index in [1.54, 1.807) is 18.5 Å². The molecule has 0 fully saturated rings. The van der Waals surface area contributed by atoms with E-state index in [9.17, 15) is 4.79 Å². The minimum atomic E-state index is 0.0633. The fourth-order valence-corrected chi connectivity index (χ4v) is 1.72. The van der Waals surface area contributed by atoms with Crippen molar-refractivity contribution in [3.8, 4) is 0 Å². The van der Waals surface area contributed by atoms with Gasteiger partial charge in [0.1, 0.15) is 0 Å². The minimum absolute atomic E-state index is 0.0633. The van der Waals surface area contributed by atoms with Gasteiger partial charge in [-0.1, -0.05) is 0 Å². The number of amides is 1. The van der Waals surface area contributed by atoms with Gasteiger partial charge in [0, 0.05) is 30.5 Å². The summed E-state index contributed by atoms with van der Waals surface area (Å²) in [5.41, 5.74) is 7.14. The molecule has 0 aromatic carbocycles. The van der Waals surface area contributed by atoms with Crippen molar-refractivity contribution in [3.05, 3.63) is 29.6 Å². The molecule has 0 radical (unpaired) electrons. The van der Waals surface area contributed by atoms with Crippen molar-refractivity contribution in [1.82, 2.24) is 9.88 Å². The van der Waals surface area contributed by atoms with Crippen molar-refractivity contribution < 1.29 is 4.79 Å². The van der Waals surface area contributed by atoms with Gasteiger partial charge in [-0.05, 0) is 45.4 Å². The largest absolute Gasteiger partial charge is 0.336 e. The zero-order chi connectivity index (χ0) is 12.8. The molecule has 0 aliphatic carbocycles. The van der Waals surface area contributed by atoms with Gasteiger partial charge in [-0.25, -0.2) is 0 Å². The molecule has 0 aliphatic heterocycles. The summed E-state index contributed by atoms with van der Waals surface area (Å²) in [7, 11) is 0. The second-order valence-electron chi connectivity index (χ2n) is 4.43. The van der Waals surface area contributed by atoms with Gasteiger partial charge in [-0.15, -0.1) is 0 Å². The highest BCUT2D eigenvalue weighted by molar-refractivity contribution is 5.95. The molecule has 4 nitrogen and oxygen atoms in total. The van der Waals surface area contributed by atoms with Gasteiger partial charge < -0.3 is 10.6 Å². The standard InChI is InChI=1S/C13H21N3O/c1-10(2)16(8-4-6-14)13(17)12-5-7-15-9-11(12)3/h5,7,9-10H,4,6,8,14H2,1-3H3. The van der Waals surface area contributed by atoms with Crippen LogP contribution in [0.25, 0.3) is 0 Å². The van der Waals surface area contributed by atoms with Gasteiger partial charge in [-0.2, -0.15) is 0 Å². The molecule has 1 aromatic rings. The molecule has 94 valence electrons. The molecular weight excluding hydrogens is 214 g/mol.